The van der Waals surface area contributed by atoms with E-state index in [0.29, 0.717) is 12.7 Å². The summed E-state index contributed by atoms with van der Waals surface area (Å²) in [6.45, 7) is 2.05. The van der Waals surface area contributed by atoms with Crippen molar-refractivity contribution in [2.45, 2.75) is 25.3 Å². The maximum atomic E-state index is 5.68. The number of fused-ring (bicyclic) bond motifs is 1. The highest BCUT2D eigenvalue weighted by Crippen LogP contribution is 2.32. The first kappa shape index (κ1) is 16.7. The topological polar surface area (TPSA) is 43.6 Å². The number of rotatable bonds is 8. The zero-order chi connectivity index (χ0) is 17.6. The van der Waals surface area contributed by atoms with Crippen LogP contribution in [-0.2, 0) is 13.0 Å². The fourth-order valence-corrected chi connectivity index (χ4v) is 3.33. The molecule has 0 fully saturated rings. The average Bonchev–Trinajstić information content (AvgIpc) is 3.36. The first-order chi connectivity index (χ1) is 12.9. The summed E-state index contributed by atoms with van der Waals surface area (Å²) in [5.74, 6) is 3.09. The van der Waals surface area contributed by atoms with Gasteiger partial charge in [0, 0.05) is 12.5 Å². The first-order valence-electron chi connectivity index (χ1n) is 9.05. The van der Waals surface area contributed by atoms with Gasteiger partial charge in [-0.25, -0.2) is 0 Å². The Kier molecular flexibility index (Phi) is 5.22. The van der Waals surface area contributed by atoms with Gasteiger partial charge in [-0.3, -0.25) is 0 Å². The molecule has 134 valence electrons. The summed E-state index contributed by atoms with van der Waals surface area (Å²) in [4.78, 5) is 0. The molecule has 2 heterocycles. The normalized spacial score (nSPS) is 13.7. The van der Waals surface area contributed by atoms with Gasteiger partial charge in [-0.05, 0) is 54.8 Å². The zero-order valence-corrected chi connectivity index (χ0v) is 14.7. The lowest BCUT2D eigenvalue weighted by Crippen LogP contribution is -2.18. The molecule has 4 nitrogen and oxygen atoms in total. The van der Waals surface area contributed by atoms with Crippen LogP contribution in [0.4, 0.5) is 0 Å². The second kappa shape index (κ2) is 8.11. The van der Waals surface area contributed by atoms with E-state index in [1.165, 1.54) is 11.1 Å². The van der Waals surface area contributed by atoms with Gasteiger partial charge >= 0.3 is 0 Å². The van der Waals surface area contributed by atoms with Crippen LogP contribution in [0.2, 0.25) is 0 Å². The number of hydrogen-bond donors (Lipinski definition) is 1. The summed E-state index contributed by atoms with van der Waals surface area (Å²) in [5, 5.41) is 3.53. The Bertz CT molecular complexity index is 815. The molecule has 2 aromatic carbocycles. The molecule has 0 bridgehead atoms. The van der Waals surface area contributed by atoms with Gasteiger partial charge in [-0.2, -0.15) is 0 Å². The van der Waals surface area contributed by atoms with Crippen LogP contribution in [0.5, 0.6) is 11.5 Å². The molecular weight excluding hydrogens is 326 g/mol. The molecule has 1 aliphatic rings. The van der Waals surface area contributed by atoms with Crippen LogP contribution in [0.3, 0.4) is 0 Å². The van der Waals surface area contributed by atoms with Crippen LogP contribution in [0, 0.1) is 0 Å². The highest BCUT2D eigenvalue weighted by molar-refractivity contribution is 5.44. The van der Waals surface area contributed by atoms with Gasteiger partial charge in [0.2, 0.25) is 6.79 Å². The van der Waals surface area contributed by atoms with Crippen molar-refractivity contribution in [1.29, 1.82) is 0 Å². The van der Waals surface area contributed by atoms with Gasteiger partial charge in [0.05, 0.1) is 6.26 Å². The first-order valence-corrected chi connectivity index (χ1v) is 9.05. The minimum atomic E-state index is 0.316. The largest absolute Gasteiger partial charge is 0.469 e. The molecule has 1 N–H and O–H groups in total. The van der Waals surface area contributed by atoms with Crippen LogP contribution in [0.1, 0.15) is 29.2 Å². The summed E-state index contributed by atoms with van der Waals surface area (Å²) in [7, 11) is 0. The standard InChI is InChI=1S/C22H23NO3/c1-2-5-17(6-3-1)13-19(20-7-4-12-24-20)10-11-23-15-18-8-9-21-22(14-18)26-16-25-21/h1-9,12,14,19,23H,10-11,13,15-16H2. The molecule has 1 atom stereocenters. The molecule has 1 unspecified atom stereocenters. The number of hydrogen-bond acceptors (Lipinski definition) is 4. The van der Waals surface area contributed by atoms with Crippen molar-refractivity contribution in [3.05, 3.63) is 83.8 Å². The van der Waals surface area contributed by atoms with E-state index < -0.39 is 0 Å². The number of benzene rings is 2. The van der Waals surface area contributed by atoms with Crippen molar-refractivity contribution >= 4 is 0 Å². The van der Waals surface area contributed by atoms with Crippen LogP contribution >= 0.6 is 0 Å². The fourth-order valence-electron chi connectivity index (χ4n) is 3.33. The Hall–Kier alpha value is -2.72. The van der Waals surface area contributed by atoms with Crippen LogP contribution < -0.4 is 14.8 Å². The summed E-state index contributed by atoms with van der Waals surface area (Å²) < 4.78 is 16.5. The molecule has 1 aromatic heterocycles. The monoisotopic (exact) mass is 349 g/mol. The van der Waals surface area contributed by atoms with Gasteiger partial charge in [0.1, 0.15) is 5.76 Å². The third-order valence-electron chi connectivity index (χ3n) is 4.71. The molecule has 0 radical (unpaired) electrons. The lowest BCUT2D eigenvalue weighted by atomic mass is 9.94. The Morgan fingerprint density at radius 1 is 0.885 bits per heavy atom. The van der Waals surface area contributed by atoms with Crippen LogP contribution in [-0.4, -0.2) is 13.3 Å². The van der Waals surface area contributed by atoms with Crippen molar-refractivity contribution in [3.8, 4) is 11.5 Å². The van der Waals surface area contributed by atoms with Crippen molar-refractivity contribution in [3.63, 3.8) is 0 Å². The predicted octanol–water partition coefficient (Wildman–Crippen LogP) is 4.51. The van der Waals surface area contributed by atoms with Crippen LogP contribution in [0.15, 0.2) is 71.3 Å². The highest BCUT2D eigenvalue weighted by Gasteiger charge is 2.16. The summed E-state index contributed by atoms with van der Waals surface area (Å²) >= 11 is 0. The van der Waals surface area contributed by atoms with Gasteiger partial charge in [-0.1, -0.05) is 36.4 Å². The zero-order valence-electron chi connectivity index (χ0n) is 14.7. The molecule has 4 heteroatoms. The Morgan fingerprint density at radius 3 is 2.62 bits per heavy atom. The quantitative estimate of drug-likeness (QED) is 0.608. The van der Waals surface area contributed by atoms with E-state index in [0.717, 1.165) is 43.2 Å². The Balaban J connectivity index is 1.32. The van der Waals surface area contributed by atoms with E-state index in [1.807, 2.05) is 18.2 Å². The van der Waals surface area contributed by atoms with Gasteiger partial charge < -0.3 is 19.2 Å². The SMILES string of the molecule is c1ccc(CC(CCNCc2ccc3c(c2)OCO3)c2ccco2)cc1. The van der Waals surface area contributed by atoms with E-state index in [9.17, 15) is 0 Å². The van der Waals surface area contributed by atoms with E-state index in [2.05, 4.69) is 47.8 Å². The maximum Gasteiger partial charge on any atom is 0.231 e. The smallest absolute Gasteiger partial charge is 0.231 e. The second-order valence-corrected chi connectivity index (χ2v) is 6.56. The van der Waals surface area contributed by atoms with E-state index in [-0.39, 0.29) is 0 Å². The molecule has 1 aliphatic heterocycles. The molecule has 0 spiro atoms. The van der Waals surface area contributed by atoms with Crippen molar-refractivity contribution in [1.82, 2.24) is 5.32 Å². The molecule has 3 aromatic rings. The maximum absolute atomic E-state index is 5.68. The van der Waals surface area contributed by atoms with E-state index in [4.69, 9.17) is 13.9 Å². The molecule has 0 saturated heterocycles. The number of furan rings is 1. The van der Waals surface area contributed by atoms with Gasteiger partial charge in [0.25, 0.3) is 0 Å². The molecule has 4 rings (SSSR count). The van der Waals surface area contributed by atoms with Gasteiger partial charge in [0.15, 0.2) is 11.5 Å². The Morgan fingerprint density at radius 2 is 1.77 bits per heavy atom. The predicted molar refractivity (Wildman–Crippen MR) is 100 cm³/mol. The molecule has 26 heavy (non-hydrogen) atoms. The highest BCUT2D eigenvalue weighted by atomic mass is 16.7. The molecule has 0 saturated carbocycles. The van der Waals surface area contributed by atoms with Gasteiger partial charge in [-0.15, -0.1) is 0 Å². The third kappa shape index (κ3) is 4.09. The number of ether oxygens (including phenoxy) is 2. The van der Waals surface area contributed by atoms with E-state index >= 15 is 0 Å². The average molecular weight is 349 g/mol. The van der Waals surface area contributed by atoms with Crippen molar-refractivity contribution < 1.29 is 13.9 Å². The molecular formula is C22H23NO3. The molecule has 0 aliphatic carbocycles. The fraction of sp³-hybridized carbons (Fsp3) is 0.273. The third-order valence-corrected chi connectivity index (χ3v) is 4.71. The van der Waals surface area contributed by atoms with Crippen LogP contribution in [0.25, 0.3) is 0 Å². The van der Waals surface area contributed by atoms with Crippen molar-refractivity contribution in [2.75, 3.05) is 13.3 Å². The summed E-state index contributed by atoms with van der Waals surface area (Å²) in [5.41, 5.74) is 2.54. The lowest BCUT2D eigenvalue weighted by molar-refractivity contribution is 0.174. The minimum Gasteiger partial charge on any atom is -0.469 e. The minimum absolute atomic E-state index is 0.316. The molecule has 0 amide bonds. The summed E-state index contributed by atoms with van der Waals surface area (Å²) in [6, 6.07) is 20.7. The van der Waals surface area contributed by atoms with Crippen molar-refractivity contribution in [2.24, 2.45) is 0 Å². The number of nitrogens with one attached hydrogen (secondary N) is 1. The Labute approximate surface area is 153 Å². The lowest BCUT2D eigenvalue weighted by Gasteiger charge is -2.15. The summed E-state index contributed by atoms with van der Waals surface area (Å²) in [6.07, 6.45) is 3.76. The van der Waals surface area contributed by atoms with E-state index in [1.54, 1.807) is 6.26 Å². The second-order valence-electron chi connectivity index (χ2n) is 6.56.